The molecule has 0 saturated carbocycles. The Kier molecular flexibility index (Phi) is 10.7. The van der Waals surface area contributed by atoms with E-state index in [9.17, 15) is 40.2 Å². The van der Waals surface area contributed by atoms with E-state index in [1.54, 1.807) is 0 Å². The highest BCUT2D eigenvalue weighted by Crippen LogP contribution is 2.25. The summed E-state index contributed by atoms with van der Waals surface area (Å²) in [5.74, 6) is -3.27. The summed E-state index contributed by atoms with van der Waals surface area (Å²) < 4.78 is 4.36. The average Bonchev–Trinajstić information content (AvgIpc) is 2.66. The van der Waals surface area contributed by atoms with Crippen molar-refractivity contribution in [3.8, 4) is 0 Å². The van der Waals surface area contributed by atoms with Gasteiger partial charge >= 0.3 is 7.32 Å². The van der Waals surface area contributed by atoms with Crippen molar-refractivity contribution in [1.29, 1.82) is 0 Å². The summed E-state index contributed by atoms with van der Waals surface area (Å²) in [5, 5.41) is 93.8. The maximum atomic E-state index is 12.4. The fourth-order valence-corrected chi connectivity index (χ4v) is 2.24. The molecule has 13 nitrogen and oxygen atoms in total. The maximum Gasteiger partial charge on any atom is 0.634 e. The fraction of sp³-hybridized carbons (Fsp3) is 0.846. The summed E-state index contributed by atoms with van der Waals surface area (Å²) >= 11 is 0. The average molecular weight is 400 g/mol. The normalized spacial score (nSPS) is 20.7. The molecular formula is C13H25BO13. The van der Waals surface area contributed by atoms with Crippen molar-refractivity contribution in [2.75, 3.05) is 13.2 Å². The molecule has 0 spiro atoms. The van der Waals surface area contributed by atoms with Crippen LogP contribution in [-0.4, -0.2) is 125 Å². The van der Waals surface area contributed by atoms with Crippen LogP contribution in [0, 0.1) is 0 Å². The summed E-state index contributed by atoms with van der Waals surface area (Å²) in [6.07, 6.45) is -14.7. The Hall–Kier alpha value is -1.04. The van der Waals surface area contributed by atoms with E-state index >= 15 is 0 Å². The van der Waals surface area contributed by atoms with Gasteiger partial charge in [0.25, 0.3) is 0 Å². The van der Waals surface area contributed by atoms with Gasteiger partial charge in [-0.1, -0.05) is 6.92 Å². The molecule has 0 aliphatic rings. The Balaban J connectivity index is 5.84. The van der Waals surface area contributed by atoms with Gasteiger partial charge in [-0.15, -0.1) is 0 Å². The van der Waals surface area contributed by atoms with Crippen molar-refractivity contribution < 1.29 is 65.1 Å². The van der Waals surface area contributed by atoms with Crippen LogP contribution in [0.2, 0.25) is 0 Å². The third-order valence-corrected chi connectivity index (χ3v) is 3.94. The number of aliphatic hydroxyl groups excluding tert-OH is 7. The molecule has 0 bridgehead atoms. The summed E-state index contributed by atoms with van der Waals surface area (Å²) in [6, 6.07) is 0. The SMILES string of the molecule is CCC(O)(C(=O)C(O)CO)C(OB(O)O)C(=O)C(O)C(O)C(O)C(O)CO. The largest absolute Gasteiger partial charge is 0.634 e. The summed E-state index contributed by atoms with van der Waals surface area (Å²) in [6.45, 7) is -1.08. The zero-order chi connectivity index (χ0) is 21.5. The molecule has 14 heteroatoms. The molecule has 0 radical (unpaired) electrons. The van der Waals surface area contributed by atoms with E-state index < -0.39 is 80.7 Å². The highest BCUT2D eigenvalue weighted by molar-refractivity contribution is 6.33. The van der Waals surface area contributed by atoms with Gasteiger partial charge in [0, 0.05) is 0 Å². The van der Waals surface area contributed by atoms with E-state index in [0.717, 1.165) is 6.92 Å². The first kappa shape index (κ1) is 26.0. The number of ketones is 2. The number of hydrogen-bond acceptors (Lipinski definition) is 13. The number of carbonyl (C=O) groups is 2. The molecule has 27 heavy (non-hydrogen) atoms. The lowest BCUT2D eigenvalue weighted by atomic mass is 9.81. The van der Waals surface area contributed by atoms with E-state index in [0.29, 0.717) is 0 Å². The third-order valence-electron chi connectivity index (χ3n) is 3.94. The molecule has 0 aliphatic heterocycles. The van der Waals surface area contributed by atoms with Crippen LogP contribution in [0.15, 0.2) is 0 Å². The molecule has 7 atom stereocenters. The Labute approximate surface area is 153 Å². The van der Waals surface area contributed by atoms with Crippen molar-refractivity contribution in [2.45, 2.75) is 55.6 Å². The van der Waals surface area contributed by atoms with Gasteiger partial charge in [0.2, 0.25) is 0 Å². The van der Waals surface area contributed by atoms with E-state index in [4.69, 9.17) is 20.3 Å². The molecule has 10 N–H and O–H groups in total. The maximum absolute atomic E-state index is 12.4. The van der Waals surface area contributed by atoms with Gasteiger partial charge in [0.15, 0.2) is 17.2 Å². The van der Waals surface area contributed by atoms with Crippen molar-refractivity contribution >= 4 is 18.9 Å². The van der Waals surface area contributed by atoms with E-state index in [2.05, 4.69) is 4.65 Å². The summed E-state index contributed by atoms with van der Waals surface area (Å²) in [5.41, 5.74) is -2.97. The first-order chi connectivity index (χ1) is 12.4. The van der Waals surface area contributed by atoms with Crippen LogP contribution in [0.5, 0.6) is 0 Å². The predicted molar refractivity (Wildman–Crippen MR) is 84.5 cm³/mol. The fourth-order valence-electron chi connectivity index (χ4n) is 2.24. The van der Waals surface area contributed by atoms with Gasteiger partial charge < -0.3 is 55.6 Å². The van der Waals surface area contributed by atoms with Crippen LogP contribution < -0.4 is 0 Å². The second-order valence-electron chi connectivity index (χ2n) is 5.76. The first-order valence-electron chi connectivity index (χ1n) is 7.82. The molecule has 158 valence electrons. The van der Waals surface area contributed by atoms with Crippen molar-refractivity contribution in [1.82, 2.24) is 0 Å². The molecule has 7 unspecified atom stereocenters. The molecule has 0 amide bonds. The topological polar surface area (TPSA) is 246 Å². The molecule has 0 aromatic carbocycles. The Morgan fingerprint density at radius 2 is 1.52 bits per heavy atom. The number of hydrogen-bond donors (Lipinski definition) is 10. The Morgan fingerprint density at radius 1 is 1.00 bits per heavy atom. The highest BCUT2D eigenvalue weighted by atomic mass is 16.6. The molecule has 0 aromatic rings. The standard InChI is InChI=1S/C13H25BO13/c1-2-13(24,11(23)6(18)4-16)12(27-14(25)26)10(22)9(21)8(20)7(19)5(17)3-15/h5-9,12,15-21,24-26H,2-4H2,1H3. The van der Waals surface area contributed by atoms with Crippen LogP contribution in [-0.2, 0) is 14.2 Å². The second kappa shape index (κ2) is 11.1. The van der Waals surface area contributed by atoms with Gasteiger partial charge in [-0.2, -0.15) is 0 Å². The number of carbonyl (C=O) groups excluding carboxylic acids is 2. The quantitative estimate of drug-likeness (QED) is 0.129. The monoisotopic (exact) mass is 400 g/mol. The molecule has 0 rings (SSSR count). The lowest BCUT2D eigenvalue weighted by molar-refractivity contribution is -0.177. The molecule has 0 aromatic heterocycles. The smallest absolute Gasteiger partial charge is 0.402 e. The van der Waals surface area contributed by atoms with Gasteiger partial charge in [-0.3, -0.25) is 9.59 Å². The minimum Gasteiger partial charge on any atom is -0.402 e. The van der Waals surface area contributed by atoms with Crippen molar-refractivity contribution in [3.05, 3.63) is 0 Å². The van der Waals surface area contributed by atoms with Gasteiger partial charge in [0.1, 0.15) is 36.6 Å². The summed E-state index contributed by atoms with van der Waals surface area (Å²) in [4.78, 5) is 24.5. The van der Waals surface area contributed by atoms with E-state index in [1.807, 2.05) is 0 Å². The second-order valence-corrected chi connectivity index (χ2v) is 5.76. The highest BCUT2D eigenvalue weighted by Gasteiger charge is 2.53. The van der Waals surface area contributed by atoms with Crippen LogP contribution in [0.25, 0.3) is 0 Å². The van der Waals surface area contributed by atoms with Crippen molar-refractivity contribution in [2.24, 2.45) is 0 Å². The van der Waals surface area contributed by atoms with E-state index in [1.165, 1.54) is 0 Å². The zero-order valence-electron chi connectivity index (χ0n) is 14.4. The third kappa shape index (κ3) is 6.23. The Morgan fingerprint density at radius 3 is 1.89 bits per heavy atom. The van der Waals surface area contributed by atoms with Gasteiger partial charge in [-0.25, -0.2) is 0 Å². The molecular weight excluding hydrogens is 375 g/mol. The van der Waals surface area contributed by atoms with Crippen LogP contribution in [0.3, 0.4) is 0 Å². The van der Waals surface area contributed by atoms with Crippen molar-refractivity contribution in [3.63, 3.8) is 0 Å². The number of Topliss-reactive ketones (excluding diaryl/α,β-unsaturated/α-hetero) is 2. The van der Waals surface area contributed by atoms with Gasteiger partial charge in [0.05, 0.1) is 13.2 Å². The van der Waals surface area contributed by atoms with Gasteiger partial charge in [-0.05, 0) is 6.42 Å². The predicted octanol–water partition coefficient (Wildman–Crippen LogP) is -6.59. The van der Waals surface area contributed by atoms with Crippen LogP contribution in [0.1, 0.15) is 13.3 Å². The minimum absolute atomic E-state index is 0.670. The van der Waals surface area contributed by atoms with E-state index in [-0.39, 0.29) is 0 Å². The van der Waals surface area contributed by atoms with Crippen LogP contribution in [0.4, 0.5) is 0 Å². The minimum atomic E-state index is -2.97. The molecule has 0 aliphatic carbocycles. The van der Waals surface area contributed by atoms with Crippen LogP contribution >= 0.6 is 0 Å². The lowest BCUT2D eigenvalue weighted by Gasteiger charge is -2.36. The Bertz CT molecular complexity index is 489. The molecule has 0 fully saturated rings. The first-order valence-corrected chi connectivity index (χ1v) is 7.82. The zero-order valence-corrected chi connectivity index (χ0v) is 14.4. The molecule has 0 heterocycles. The summed E-state index contributed by atoms with van der Waals surface area (Å²) in [7, 11) is -2.74. The number of rotatable bonds is 13. The lowest BCUT2D eigenvalue weighted by Crippen LogP contribution is -2.63. The molecule has 0 saturated heterocycles. The number of aliphatic hydroxyl groups is 8.